The largest absolute Gasteiger partial charge is 0.291 e. The fourth-order valence-corrected chi connectivity index (χ4v) is 2.72. The molecule has 0 spiro atoms. The Morgan fingerprint density at radius 3 is 2.44 bits per heavy atom. The van der Waals surface area contributed by atoms with Crippen molar-refractivity contribution in [1.82, 2.24) is 4.90 Å². The van der Waals surface area contributed by atoms with Gasteiger partial charge in [-0.15, -0.1) is 0 Å². The topological polar surface area (TPSA) is 3.24 Å². The van der Waals surface area contributed by atoms with Gasteiger partial charge >= 0.3 is 0 Å². The summed E-state index contributed by atoms with van der Waals surface area (Å²) in [4.78, 5) is 1.67. The van der Waals surface area contributed by atoms with Crippen LogP contribution in [-0.2, 0) is 0 Å². The van der Waals surface area contributed by atoms with E-state index in [9.17, 15) is 8.78 Å². The number of nitrogens with zero attached hydrogens (tertiary/aromatic N) is 1. The van der Waals surface area contributed by atoms with Crippen LogP contribution in [0.1, 0.15) is 32.4 Å². The highest BCUT2D eigenvalue weighted by Crippen LogP contribution is 2.32. The van der Waals surface area contributed by atoms with E-state index in [0.717, 1.165) is 10.8 Å². The number of hydrogen-bond donors (Lipinski definition) is 0. The van der Waals surface area contributed by atoms with Crippen molar-refractivity contribution < 1.29 is 8.78 Å². The lowest BCUT2D eigenvalue weighted by Crippen LogP contribution is -2.30. The Balaban J connectivity index is 2.22. The third-order valence-corrected chi connectivity index (χ3v) is 3.90. The highest BCUT2D eigenvalue weighted by molar-refractivity contribution is 5.86. The molecule has 0 bridgehead atoms. The van der Waals surface area contributed by atoms with E-state index in [-0.39, 0.29) is 5.41 Å². The Morgan fingerprint density at radius 1 is 1.08 bits per heavy atom. The fourth-order valence-electron chi connectivity index (χ4n) is 2.72. The summed E-state index contributed by atoms with van der Waals surface area (Å²) in [5.74, 6) is 6.07. The third-order valence-electron chi connectivity index (χ3n) is 3.90. The first-order valence-corrected chi connectivity index (χ1v) is 8.43. The van der Waals surface area contributed by atoms with Gasteiger partial charge in [-0.1, -0.05) is 60.4 Å². The molecule has 0 aliphatic heterocycles. The lowest BCUT2D eigenvalue weighted by molar-refractivity contribution is 0.0430. The van der Waals surface area contributed by atoms with E-state index in [0.29, 0.717) is 12.1 Å². The summed E-state index contributed by atoms with van der Waals surface area (Å²) in [7, 11) is 1.72. The highest BCUT2D eigenvalue weighted by atomic mass is 19.3. The standard InChI is InChI=1S/C22H25F2N/c1-22(2,3)15-8-5-9-16-25(4)20(21(23)24)19-14-10-12-17-11-6-7-13-18(17)19/h5-7,9-14,20-21H,16H2,1-4H3/b9-5+/t20-/m1/s1. The molecule has 2 aromatic rings. The number of rotatable bonds is 5. The quantitative estimate of drug-likeness (QED) is 0.632. The number of alkyl halides is 2. The Kier molecular flexibility index (Phi) is 6.33. The van der Waals surface area contributed by atoms with Gasteiger partial charge in [-0.2, -0.15) is 0 Å². The lowest BCUT2D eigenvalue weighted by Gasteiger charge is -2.27. The van der Waals surface area contributed by atoms with Gasteiger partial charge in [0.05, 0.1) is 6.04 Å². The first-order chi connectivity index (χ1) is 11.8. The molecule has 2 aromatic carbocycles. The number of hydrogen-bond acceptors (Lipinski definition) is 1. The van der Waals surface area contributed by atoms with Crippen molar-refractivity contribution in [1.29, 1.82) is 0 Å². The van der Waals surface area contributed by atoms with Crippen molar-refractivity contribution in [2.45, 2.75) is 33.2 Å². The first kappa shape index (κ1) is 19.1. The third kappa shape index (κ3) is 5.41. The highest BCUT2D eigenvalue weighted by Gasteiger charge is 2.27. The monoisotopic (exact) mass is 341 g/mol. The molecular weight excluding hydrogens is 316 g/mol. The molecule has 0 aliphatic carbocycles. The number of benzene rings is 2. The van der Waals surface area contributed by atoms with Gasteiger partial charge in [0, 0.05) is 12.0 Å². The molecule has 0 radical (unpaired) electrons. The van der Waals surface area contributed by atoms with Gasteiger partial charge in [0.15, 0.2) is 0 Å². The van der Waals surface area contributed by atoms with Crippen LogP contribution in [0.25, 0.3) is 10.8 Å². The van der Waals surface area contributed by atoms with Crippen LogP contribution in [0.4, 0.5) is 8.78 Å². The molecule has 2 rings (SSSR count). The summed E-state index contributed by atoms with van der Waals surface area (Å²) in [5, 5.41) is 1.85. The van der Waals surface area contributed by atoms with Crippen LogP contribution in [0.2, 0.25) is 0 Å². The van der Waals surface area contributed by atoms with E-state index < -0.39 is 12.5 Å². The van der Waals surface area contributed by atoms with E-state index in [4.69, 9.17) is 0 Å². The minimum absolute atomic E-state index is 0.0648. The first-order valence-electron chi connectivity index (χ1n) is 8.43. The molecule has 1 atom stereocenters. The molecular formula is C22H25F2N. The average molecular weight is 341 g/mol. The zero-order chi connectivity index (χ0) is 18.4. The molecule has 0 aromatic heterocycles. The normalized spacial score (nSPS) is 13.4. The van der Waals surface area contributed by atoms with Crippen molar-refractivity contribution in [3.8, 4) is 11.8 Å². The van der Waals surface area contributed by atoms with Crippen LogP contribution in [0.5, 0.6) is 0 Å². The molecule has 0 saturated carbocycles. The maximum Gasteiger partial charge on any atom is 0.258 e. The van der Waals surface area contributed by atoms with Crippen LogP contribution in [0.15, 0.2) is 54.6 Å². The van der Waals surface area contributed by atoms with Crippen molar-refractivity contribution in [3.05, 3.63) is 60.2 Å². The van der Waals surface area contributed by atoms with Crippen LogP contribution in [0, 0.1) is 17.3 Å². The summed E-state index contributed by atoms with van der Waals surface area (Å²) in [6.45, 7) is 6.52. The molecule has 132 valence electrons. The molecule has 0 heterocycles. The molecule has 0 unspecified atom stereocenters. The van der Waals surface area contributed by atoms with E-state index in [1.807, 2.05) is 63.2 Å². The minimum atomic E-state index is -2.47. The number of allylic oxidation sites excluding steroid dienone is 1. The van der Waals surface area contributed by atoms with Crippen molar-refractivity contribution in [2.75, 3.05) is 13.6 Å². The molecule has 3 heteroatoms. The Labute approximate surface area is 149 Å². The van der Waals surface area contributed by atoms with E-state index >= 15 is 0 Å². The van der Waals surface area contributed by atoms with E-state index in [1.54, 1.807) is 24.1 Å². The van der Waals surface area contributed by atoms with Crippen LogP contribution < -0.4 is 0 Å². The second kappa shape index (κ2) is 8.27. The minimum Gasteiger partial charge on any atom is -0.291 e. The zero-order valence-corrected chi connectivity index (χ0v) is 15.3. The second-order valence-corrected chi connectivity index (χ2v) is 7.21. The van der Waals surface area contributed by atoms with Crippen LogP contribution >= 0.6 is 0 Å². The molecule has 25 heavy (non-hydrogen) atoms. The van der Waals surface area contributed by atoms with Crippen molar-refractivity contribution in [3.63, 3.8) is 0 Å². The summed E-state index contributed by atoms with van der Waals surface area (Å²) >= 11 is 0. The van der Waals surface area contributed by atoms with Gasteiger partial charge in [0.1, 0.15) is 0 Å². The maximum absolute atomic E-state index is 13.8. The zero-order valence-electron chi connectivity index (χ0n) is 15.3. The van der Waals surface area contributed by atoms with Gasteiger partial charge in [0.25, 0.3) is 6.43 Å². The molecule has 0 aliphatic rings. The van der Waals surface area contributed by atoms with E-state index in [1.165, 1.54) is 0 Å². The smallest absolute Gasteiger partial charge is 0.258 e. The van der Waals surface area contributed by atoms with Gasteiger partial charge in [-0.25, -0.2) is 8.78 Å². The Morgan fingerprint density at radius 2 is 1.76 bits per heavy atom. The van der Waals surface area contributed by atoms with Gasteiger partial charge in [0.2, 0.25) is 0 Å². The van der Waals surface area contributed by atoms with Crippen molar-refractivity contribution in [2.24, 2.45) is 5.41 Å². The molecule has 1 nitrogen and oxygen atoms in total. The average Bonchev–Trinajstić information content (AvgIpc) is 2.53. The number of fused-ring (bicyclic) bond motifs is 1. The summed E-state index contributed by atoms with van der Waals surface area (Å²) < 4.78 is 27.6. The molecule has 0 fully saturated rings. The molecule has 0 amide bonds. The molecule has 0 N–H and O–H groups in total. The number of likely N-dealkylation sites (N-methyl/N-ethyl adjacent to an activating group) is 1. The predicted octanol–water partition coefficient (Wildman–Crippen LogP) is 5.68. The lowest BCUT2D eigenvalue weighted by atomic mass is 9.98. The summed E-state index contributed by atoms with van der Waals surface area (Å²) in [6.07, 6.45) is 1.11. The van der Waals surface area contributed by atoms with Gasteiger partial charge in [-0.3, -0.25) is 4.90 Å². The van der Waals surface area contributed by atoms with Crippen LogP contribution in [0.3, 0.4) is 0 Å². The second-order valence-electron chi connectivity index (χ2n) is 7.21. The van der Waals surface area contributed by atoms with E-state index in [2.05, 4.69) is 11.8 Å². The fraction of sp³-hybridized carbons (Fsp3) is 0.364. The Hall–Kier alpha value is -2.18. The van der Waals surface area contributed by atoms with Gasteiger partial charge < -0.3 is 0 Å². The number of halogens is 2. The van der Waals surface area contributed by atoms with Crippen LogP contribution in [-0.4, -0.2) is 24.9 Å². The summed E-state index contributed by atoms with van der Waals surface area (Å²) in [6, 6.07) is 12.3. The Bertz CT molecular complexity index is 786. The SMILES string of the molecule is CN(C/C=C/C#CC(C)(C)C)[C@H](c1cccc2ccccc12)C(F)F. The maximum atomic E-state index is 13.8. The molecule has 0 saturated heterocycles. The van der Waals surface area contributed by atoms with Gasteiger partial charge in [-0.05, 0) is 50.2 Å². The predicted molar refractivity (Wildman–Crippen MR) is 102 cm³/mol. The van der Waals surface area contributed by atoms with Crippen molar-refractivity contribution >= 4 is 10.8 Å². The summed E-state index contributed by atoms with van der Waals surface area (Å²) in [5.41, 5.74) is 0.592.